The van der Waals surface area contributed by atoms with Gasteiger partial charge in [0.05, 0.1) is 5.69 Å². The molecule has 1 aliphatic heterocycles. The van der Waals surface area contributed by atoms with Crippen molar-refractivity contribution < 1.29 is 9.59 Å². The molecule has 1 N–H and O–H groups in total. The molecule has 162 valence electrons. The van der Waals surface area contributed by atoms with Crippen LogP contribution in [0.15, 0.2) is 54.4 Å². The molecule has 1 atom stereocenters. The largest absolute Gasteiger partial charge is 0.342 e. The van der Waals surface area contributed by atoms with Crippen molar-refractivity contribution in [3.8, 4) is 5.69 Å². The molecule has 1 aromatic carbocycles. The number of hydrogen-bond donors (Lipinski definition) is 1. The second-order valence-electron chi connectivity index (χ2n) is 9.27. The highest BCUT2D eigenvalue weighted by Crippen LogP contribution is 2.59. The van der Waals surface area contributed by atoms with Crippen molar-refractivity contribution in [2.45, 2.75) is 51.4 Å². The highest BCUT2D eigenvalue weighted by atomic mass is 16.2. The summed E-state index contributed by atoms with van der Waals surface area (Å²) in [7, 11) is 0. The second-order valence-corrected chi connectivity index (χ2v) is 9.27. The van der Waals surface area contributed by atoms with E-state index in [4.69, 9.17) is 0 Å². The highest BCUT2D eigenvalue weighted by Gasteiger charge is 2.58. The van der Waals surface area contributed by atoms with Gasteiger partial charge < -0.3 is 10.2 Å². The third kappa shape index (κ3) is 4.29. The first-order valence-corrected chi connectivity index (χ1v) is 11.5. The Morgan fingerprint density at radius 2 is 1.94 bits per heavy atom. The Morgan fingerprint density at radius 1 is 1.13 bits per heavy atom. The van der Waals surface area contributed by atoms with Crippen molar-refractivity contribution in [3.63, 3.8) is 0 Å². The molecular weight excluding hydrogens is 388 g/mol. The zero-order chi connectivity index (χ0) is 21.3. The van der Waals surface area contributed by atoms with Crippen molar-refractivity contribution in [2.24, 2.45) is 11.3 Å². The summed E-state index contributed by atoms with van der Waals surface area (Å²) in [4.78, 5) is 27.5. The summed E-state index contributed by atoms with van der Waals surface area (Å²) in [6, 6.07) is 9.64. The van der Waals surface area contributed by atoms with Gasteiger partial charge in [0.1, 0.15) is 0 Å². The van der Waals surface area contributed by atoms with Crippen molar-refractivity contribution >= 4 is 17.5 Å². The standard InChI is InChI=1S/C25H30N4O2/c30-23(17-19-5-2-1-3-6-19)28-15-11-25(12-16-28)18-22(25)24(31)27-20-7-9-21(10-8-20)29-14-4-13-26-29/h4-5,7-10,13-14,22H,1-3,6,11-12,15-18H2,(H,27,31)/t22-/m0/s1. The van der Waals surface area contributed by atoms with Gasteiger partial charge in [0.15, 0.2) is 0 Å². The molecule has 31 heavy (non-hydrogen) atoms. The molecule has 2 heterocycles. The zero-order valence-corrected chi connectivity index (χ0v) is 17.9. The van der Waals surface area contributed by atoms with E-state index in [0.29, 0.717) is 6.42 Å². The minimum atomic E-state index is 0.0663. The highest BCUT2D eigenvalue weighted by molar-refractivity contribution is 5.95. The van der Waals surface area contributed by atoms with E-state index in [1.165, 1.54) is 18.4 Å². The van der Waals surface area contributed by atoms with E-state index in [2.05, 4.69) is 16.5 Å². The lowest BCUT2D eigenvalue weighted by molar-refractivity contribution is -0.132. The van der Waals surface area contributed by atoms with Crippen molar-refractivity contribution in [2.75, 3.05) is 18.4 Å². The first-order chi connectivity index (χ1) is 15.1. The van der Waals surface area contributed by atoms with Gasteiger partial charge in [-0.15, -0.1) is 0 Å². The number of carbonyl (C=O) groups is 2. The number of anilines is 1. The predicted molar refractivity (Wildman–Crippen MR) is 120 cm³/mol. The minimum Gasteiger partial charge on any atom is -0.342 e. The normalized spacial score (nSPS) is 22.1. The van der Waals surface area contributed by atoms with Crippen LogP contribution in [0, 0.1) is 11.3 Å². The summed E-state index contributed by atoms with van der Waals surface area (Å²) >= 11 is 0. The topological polar surface area (TPSA) is 67.2 Å². The van der Waals surface area contributed by atoms with Crippen molar-refractivity contribution in [1.29, 1.82) is 0 Å². The first-order valence-electron chi connectivity index (χ1n) is 11.5. The number of nitrogens with one attached hydrogen (secondary N) is 1. The monoisotopic (exact) mass is 418 g/mol. The number of benzene rings is 1. The summed E-state index contributed by atoms with van der Waals surface area (Å²) in [6.07, 6.45) is 14.0. The number of allylic oxidation sites excluding steroid dienone is 1. The molecule has 2 aliphatic carbocycles. The molecule has 3 aliphatic rings. The van der Waals surface area contributed by atoms with Gasteiger partial charge in [-0.05, 0) is 80.7 Å². The van der Waals surface area contributed by atoms with E-state index in [9.17, 15) is 9.59 Å². The Bertz CT molecular complexity index is 969. The van der Waals surface area contributed by atoms with Crippen molar-refractivity contribution in [1.82, 2.24) is 14.7 Å². The molecule has 1 aromatic heterocycles. The van der Waals surface area contributed by atoms with Gasteiger partial charge in [0.2, 0.25) is 11.8 Å². The molecule has 2 fully saturated rings. The zero-order valence-electron chi connectivity index (χ0n) is 17.9. The fourth-order valence-electron chi connectivity index (χ4n) is 5.19. The van der Waals surface area contributed by atoms with Crippen LogP contribution in [0.4, 0.5) is 5.69 Å². The molecule has 5 rings (SSSR count). The van der Waals surface area contributed by atoms with Gasteiger partial charge in [0, 0.05) is 43.5 Å². The van der Waals surface area contributed by atoms with E-state index in [1.54, 1.807) is 10.9 Å². The minimum absolute atomic E-state index is 0.0663. The van der Waals surface area contributed by atoms with Crippen LogP contribution in [0.25, 0.3) is 5.69 Å². The molecule has 0 radical (unpaired) electrons. The molecule has 2 amide bonds. The fraction of sp³-hybridized carbons (Fsp3) is 0.480. The summed E-state index contributed by atoms with van der Waals surface area (Å²) in [5.41, 5.74) is 3.20. The third-order valence-electron chi connectivity index (χ3n) is 7.29. The maximum Gasteiger partial charge on any atom is 0.228 e. The van der Waals surface area contributed by atoms with Gasteiger partial charge in [-0.3, -0.25) is 9.59 Å². The number of likely N-dealkylation sites (tertiary alicyclic amines) is 1. The summed E-state index contributed by atoms with van der Waals surface area (Å²) in [5.74, 6) is 0.442. The molecule has 0 bridgehead atoms. The average molecular weight is 419 g/mol. The predicted octanol–water partition coefficient (Wildman–Crippen LogP) is 4.33. The van der Waals surface area contributed by atoms with E-state index < -0.39 is 0 Å². The van der Waals surface area contributed by atoms with Crippen LogP contribution >= 0.6 is 0 Å². The lowest BCUT2D eigenvalue weighted by Crippen LogP contribution is -2.40. The van der Waals surface area contributed by atoms with Crippen LogP contribution in [0.3, 0.4) is 0 Å². The van der Waals surface area contributed by atoms with Crippen LogP contribution in [0.1, 0.15) is 51.4 Å². The average Bonchev–Trinajstić information content (AvgIpc) is 3.22. The number of rotatable bonds is 5. The van der Waals surface area contributed by atoms with E-state index >= 15 is 0 Å². The molecule has 0 unspecified atom stereocenters. The van der Waals surface area contributed by atoms with Crippen LogP contribution < -0.4 is 5.32 Å². The Balaban J connectivity index is 1.11. The SMILES string of the molecule is O=C(Nc1ccc(-n2cccn2)cc1)[C@@H]1CC12CCN(C(=O)CC1=CCCCC1)CC2. The van der Waals surface area contributed by atoms with Gasteiger partial charge in [-0.2, -0.15) is 5.10 Å². The number of carbonyl (C=O) groups excluding carboxylic acids is 2. The number of piperidine rings is 1. The quantitative estimate of drug-likeness (QED) is 0.735. The lowest BCUT2D eigenvalue weighted by atomic mass is 9.90. The molecule has 1 saturated carbocycles. The maximum absolute atomic E-state index is 12.8. The maximum atomic E-state index is 12.8. The summed E-state index contributed by atoms with van der Waals surface area (Å²) in [5, 5.41) is 7.30. The second kappa shape index (κ2) is 8.33. The third-order valence-corrected chi connectivity index (χ3v) is 7.29. The number of nitrogens with zero attached hydrogens (tertiary/aromatic N) is 3. The number of amides is 2. The molecule has 6 nitrogen and oxygen atoms in total. The Hall–Kier alpha value is -2.89. The van der Waals surface area contributed by atoms with Gasteiger partial charge >= 0.3 is 0 Å². The Kier molecular flexibility index (Phi) is 5.38. The van der Waals surface area contributed by atoms with Crippen LogP contribution in [-0.4, -0.2) is 39.6 Å². The summed E-state index contributed by atoms with van der Waals surface area (Å²) < 4.78 is 1.79. The molecule has 1 saturated heterocycles. The van der Waals surface area contributed by atoms with Gasteiger partial charge in [-0.25, -0.2) is 4.68 Å². The first kappa shape index (κ1) is 20.0. The van der Waals surface area contributed by atoms with E-state index in [-0.39, 0.29) is 23.1 Å². The molecule has 6 heteroatoms. The smallest absolute Gasteiger partial charge is 0.228 e. The van der Waals surface area contributed by atoms with Gasteiger partial charge in [0.25, 0.3) is 0 Å². The number of hydrogen-bond acceptors (Lipinski definition) is 3. The van der Waals surface area contributed by atoms with E-state index in [0.717, 1.165) is 56.6 Å². The van der Waals surface area contributed by atoms with Gasteiger partial charge in [-0.1, -0.05) is 11.6 Å². The van der Waals surface area contributed by atoms with Crippen LogP contribution in [0.2, 0.25) is 0 Å². The van der Waals surface area contributed by atoms with Crippen LogP contribution in [0.5, 0.6) is 0 Å². The lowest BCUT2D eigenvalue weighted by Gasteiger charge is -2.33. The van der Waals surface area contributed by atoms with Crippen molar-refractivity contribution in [3.05, 3.63) is 54.4 Å². The fourth-order valence-corrected chi connectivity index (χ4v) is 5.19. The molecule has 1 spiro atoms. The van der Waals surface area contributed by atoms with E-state index in [1.807, 2.05) is 41.4 Å². The Morgan fingerprint density at radius 3 is 2.61 bits per heavy atom. The Labute approximate surface area is 183 Å². The number of aromatic nitrogens is 2. The van der Waals surface area contributed by atoms with Crippen LogP contribution in [-0.2, 0) is 9.59 Å². The summed E-state index contributed by atoms with van der Waals surface area (Å²) in [6.45, 7) is 1.57. The molecule has 2 aromatic rings. The molecular formula is C25H30N4O2.